The molecule has 2 aromatic carbocycles. The van der Waals surface area contributed by atoms with Gasteiger partial charge in [-0.25, -0.2) is 4.79 Å². The Morgan fingerprint density at radius 3 is 2.62 bits per heavy atom. The van der Waals surface area contributed by atoms with Crippen LogP contribution in [0.5, 0.6) is 11.5 Å². The number of hydrogen-bond donors (Lipinski definition) is 2. The van der Waals surface area contributed by atoms with E-state index in [2.05, 4.69) is 20.1 Å². The Bertz CT molecular complexity index is 871. The number of fused-ring (bicyclic) bond motifs is 1. The van der Waals surface area contributed by atoms with E-state index < -0.39 is 12.3 Å². The van der Waals surface area contributed by atoms with Crippen LogP contribution in [0.1, 0.15) is 18.4 Å². The van der Waals surface area contributed by atoms with Crippen LogP contribution in [-0.2, 0) is 5.41 Å². The Kier molecular flexibility index (Phi) is 3.91. The maximum Gasteiger partial charge on any atom is 0.586 e. The predicted octanol–water partition coefficient (Wildman–Crippen LogP) is 4.51. The van der Waals surface area contributed by atoms with E-state index in [1.807, 2.05) is 24.3 Å². The third kappa shape index (κ3) is 3.39. The van der Waals surface area contributed by atoms with Gasteiger partial charge in [-0.05, 0) is 42.7 Å². The predicted molar refractivity (Wildman–Crippen MR) is 92.0 cm³/mol. The van der Waals surface area contributed by atoms with Crippen molar-refractivity contribution < 1.29 is 23.0 Å². The molecular weight excluding hydrogens is 366 g/mol. The maximum atomic E-state index is 13.0. The van der Waals surface area contributed by atoms with E-state index in [0.29, 0.717) is 17.3 Å². The molecule has 0 unspecified atom stereocenters. The van der Waals surface area contributed by atoms with Gasteiger partial charge in [-0.1, -0.05) is 23.7 Å². The van der Waals surface area contributed by atoms with Crippen molar-refractivity contribution >= 4 is 23.3 Å². The van der Waals surface area contributed by atoms with Gasteiger partial charge in [0.2, 0.25) is 0 Å². The molecule has 0 saturated heterocycles. The van der Waals surface area contributed by atoms with Gasteiger partial charge in [-0.2, -0.15) is 0 Å². The minimum absolute atomic E-state index is 0.0705. The number of rotatable bonds is 4. The second-order valence-corrected chi connectivity index (χ2v) is 6.86. The molecule has 8 heteroatoms. The molecule has 0 atom stereocenters. The minimum Gasteiger partial charge on any atom is -0.395 e. The van der Waals surface area contributed by atoms with E-state index in [1.54, 1.807) is 0 Å². The number of anilines is 1. The molecule has 1 aliphatic heterocycles. The number of carbonyl (C=O) groups excluding carboxylic acids is 1. The van der Waals surface area contributed by atoms with Crippen molar-refractivity contribution in [3.8, 4) is 11.5 Å². The van der Waals surface area contributed by atoms with Gasteiger partial charge in [0.05, 0.1) is 0 Å². The molecule has 2 amide bonds. The molecule has 1 saturated carbocycles. The number of alkyl halides is 2. The lowest BCUT2D eigenvalue weighted by Crippen LogP contribution is -2.35. The van der Waals surface area contributed by atoms with Gasteiger partial charge in [-0.15, -0.1) is 8.78 Å². The Balaban J connectivity index is 1.37. The zero-order valence-electron chi connectivity index (χ0n) is 13.5. The first-order chi connectivity index (χ1) is 12.4. The maximum absolute atomic E-state index is 13.0. The summed E-state index contributed by atoms with van der Waals surface area (Å²) in [6.45, 7) is 0.460. The van der Waals surface area contributed by atoms with Crippen molar-refractivity contribution in [2.75, 3.05) is 11.9 Å². The normalized spacial score (nSPS) is 18.3. The van der Waals surface area contributed by atoms with E-state index >= 15 is 0 Å². The average Bonchev–Trinajstić information content (AvgIpc) is 3.30. The van der Waals surface area contributed by atoms with Gasteiger partial charge in [0.1, 0.15) is 0 Å². The summed E-state index contributed by atoms with van der Waals surface area (Å²) in [5, 5.41) is 6.09. The molecule has 4 rings (SSSR count). The van der Waals surface area contributed by atoms with Crippen LogP contribution >= 0.6 is 11.6 Å². The van der Waals surface area contributed by atoms with Crippen LogP contribution in [0.25, 0.3) is 0 Å². The minimum atomic E-state index is -3.68. The highest BCUT2D eigenvalue weighted by atomic mass is 35.5. The first-order valence-corrected chi connectivity index (χ1v) is 8.44. The lowest BCUT2D eigenvalue weighted by atomic mass is 9.96. The molecular formula is C18H15ClF2N2O3. The molecule has 26 heavy (non-hydrogen) atoms. The summed E-state index contributed by atoms with van der Waals surface area (Å²) in [6.07, 6.45) is -1.75. The number of nitrogens with one attached hydrogen (secondary N) is 2. The van der Waals surface area contributed by atoms with E-state index in [1.165, 1.54) is 18.2 Å². The lowest BCUT2D eigenvalue weighted by Gasteiger charge is -2.17. The van der Waals surface area contributed by atoms with Crippen LogP contribution in [0.15, 0.2) is 42.5 Å². The second kappa shape index (κ2) is 6.02. The van der Waals surface area contributed by atoms with Gasteiger partial charge in [0.15, 0.2) is 11.5 Å². The van der Waals surface area contributed by atoms with Gasteiger partial charge in [-0.3, -0.25) is 0 Å². The van der Waals surface area contributed by atoms with Crippen LogP contribution in [0, 0.1) is 0 Å². The van der Waals surface area contributed by atoms with E-state index in [4.69, 9.17) is 11.6 Å². The van der Waals surface area contributed by atoms with Gasteiger partial charge in [0, 0.05) is 28.7 Å². The largest absolute Gasteiger partial charge is 0.586 e. The molecule has 0 bridgehead atoms. The summed E-state index contributed by atoms with van der Waals surface area (Å²) in [5.41, 5.74) is 1.32. The zero-order chi connectivity index (χ0) is 18.4. The Morgan fingerprint density at radius 1 is 1.12 bits per heavy atom. The fourth-order valence-electron chi connectivity index (χ4n) is 2.99. The van der Waals surface area contributed by atoms with E-state index in [-0.39, 0.29) is 16.9 Å². The summed E-state index contributed by atoms with van der Waals surface area (Å²) in [6, 6.07) is 11.3. The van der Waals surface area contributed by atoms with Crippen LogP contribution < -0.4 is 20.1 Å². The van der Waals surface area contributed by atoms with Gasteiger partial charge in [0.25, 0.3) is 0 Å². The van der Waals surface area contributed by atoms with Crippen LogP contribution in [-0.4, -0.2) is 18.9 Å². The van der Waals surface area contributed by atoms with Crippen molar-refractivity contribution in [2.45, 2.75) is 24.6 Å². The van der Waals surface area contributed by atoms with Crippen molar-refractivity contribution in [3.05, 3.63) is 53.1 Å². The number of ether oxygens (including phenoxy) is 2. The molecule has 0 radical (unpaired) electrons. The number of urea groups is 1. The number of carbonyl (C=O) groups is 1. The van der Waals surface area contributed by atoms with E-state index in [9.17, 15) is 13.6 Å². The van der Waals surface area contributed by atoms with Crippen LogP contribution in [0.3, 0.4) is 0 Å². The molecule has 1 heterocycles. The third-order valence-electron chi connectivity index (χ3n) is 4.54. The first-order valence-electron chi connectivity index (χ1n) is 8.06. The summed E-state index contributed by atoms with van der Waals surface area (Å²) in [4.78, 5) is 12.1. The standard InChI is InChI=1S/C18H15ClF2N2O3/c19-12-3-1-2-11(8-12)17(6-7-17)10-22-16(24)23-13-4-5-14-15(9-13)26-18(20,21)25-14/h1-5,8-9H,6-7,10H2,(H2,22,23,24). The molecule has 1 aliphatic carbocycles. The van der Waals surface area contributed by atoms with Crippen LogP contribution in [0.4, 0.5) is 19.3 Å². The van der Waals surface area contributed by atoms with Crippen molar-refractivity contribution in [3.63, 3.8) is 0 Å². The molecule has 1 fully saturated rings. The molecule has 2 aliphatic rings. The van der Waals surface area contributed by atoms with Crippen molar-refractivity contribution in [1.82, 2.24) is 5.32 Å². The number of amides is 2. The topological polar surface area (TPSA) is 59.6 Å². The van der Waals surface area contributed by atoms with E-state index in [0.717, 1.165) is 18.4 Å². The summed E-state index contributed by atoms with van der Waals surface area (Å²) in [7, 11) is 0. The molecule has 0 aromatic heterocycles. The molecule has 136 valence electrons. The van der Waals surface area contributed by atoms with Crippen molar-refractivity contribution in [2.24, 2.45) is 0 Å². The average molecular weight is 381 g/mol. The summed E-state index contributed by atoms with van der Waals surface area (Å²) < 4.78 is 34.7. The van der Waals surface area contributed by atoms with Gasteiger partial charge < -0.3 is 20.1 Å². The zero-order valence-corrected chi connectivity index (χ0v) is 14.3. The molecule has 0 spiro atoms. The molecule has 2 aromatic rings. The first kappa shape index (κ1) is 16.9. The molecule has 2 N–H and O–H groups in total. The Hall–Kier alpha value is -2.54. The van der Waals surface area contributed by atoms with Crippen molar-refractivity contribution in [1.29, 1.82) is 0 Å². The Morgan fingerprint density at radius 2 is 1.88 bits per heavy atom. The highest BCUT2D eigenvalue weighted by molar-refractivity contribution is 6.30. The smallest absolute Gasteiger partial charge is 0.395 e. The second-order valence-electron chi connectivity index (χ2n) is 6.43. The third-order valence-corrected chi connectivity index (χ3v) is 4.77. The Labute approximate surface area is 153 Å². The highest BCUT2D eigenvalue weighted by Gasteiger charge is 2.45. The fraction of sp³-hybridized carbons (Fsp3) is 0.278. The summed E-state index contributed by atoms with van der Waals surface area (Å²) >= 11 is 6.04. The SMILES string of the molecule is O=C(NCC1(c2cccc(Cl)c2)CC1)Nc1ccc2c(c1)OC(F)(F)O2. The van der Waals surface area contributed by atoms with Gasteiger partial charge >= 0.3 is 12.3 Å². The number of halogens is 3. The lowest BCUT2D eigenvalue weighted by molar-refractivity contribution is -0.286. The summed E-state index contributed by atoms with van der Waals surface area (Å²) in [5.74, 6) is -0.191. The monoisotopic (exact) mass is 380 g/mol. The fourth-order valence-corrected chi connectivity index (χ4v) is 3.18. The quantitative estimate of drug-likeness (QED) is 0.820. The number of benzene rings is 2. The molecule has 5 nitrogen and oxygen atoms in total. The highest BCUT2D eigenvalue weighted by Crippen LogP contribution is 2.48. The van der Waals surface area contributed by atoms with Crippen LogP contribution in [0.2, 0.25) is 5.02 Å². The number of hydrogen-bond acceptors (Lipinski definition) is 3.